The topological polar surface area (TPSA) is 107 Å². The third-order valence-corrected chi connectivity index (χ3v) is 3.41. The lowest BCUT2D eigenvalue weighted by Crippen LogP contribution is -2.12. The Morgan fingerprint density at radius 1 is 1.21 bits per heavy atom. The van der Waals surface area contributed by atoms with Gasteiger partial charge in [-0.2, -0.15) is 8.42 Å². The second-order valence-corrected chi connectivity index (χ2v) is 5.60. The first-order chi connectivity index (χ1) is 8.77. The Morgan fingerprint density at radius 2 is 1.89 bits per heavy atom. The van der Waals surface area contributed by atoms with E-state index in [2.05, 4.69) is 5.32 Å². The van der Waals surface area contributed by atoms with E-state index >= 15 is 0 Å². The van der Waals surface area contributed by atoms with Crippen molar-refractivity contribution in [1.29, 1.82) is 0 Å². The Labute approximate surface area is 110 Å². The number of benzene rings is 2. The highest BCUT2D eigenvalue weighted by Gasteiger charge is 2.13. The van der Waals surface area contributed by atoms with Gasteiger partial charge >= 0.3 is 0 Å². The van der Waals surface area contributed by atoms with Crippen LogP contribution in [0.1, 0.15) is 6.92 Å². The Kier molecular flexibility index (Phi) is 3.36. The van der Waals surface area contributed by atoms with Crippen LogP contribution < -0.4 is 5.32 Å². The van der Waals surface area contributed by atoms with Gasteiger partial charge in [-0.05, 0) is 36.6 Å². The highest BCUT2D eigenvalue weighted by atomic mass is 32.2. The normalized spacial score (nSPS) is 13.4. The van der Waals surface area contributed by atoms with E-state index in [0.717, 1.165) is 6.07 Å². The second-order valence-electron chi connectivity index (χ2n) is 4.17. The summed E-state index contributed by atoms with van der Waals surface area (Å²) in [5.41, 5.74) is 0.564. The molecule has 19 heavy (non-hydrogen) atoms. The first-order valence-corrected chi connectivity index (χ1v) is 6.90. The van der Waals surface area contributed by atoms with Gasteiger partial charge < -0.3 is 15.5 Å². The lowest BCUT2D eigenvalue weighted by atomic mass is 10.1. The van der Waals surface area contributed by atoms with Crippen LogP contribution in [-0.2, 0) is 10.1 Å². The number of hydrogen-bond donors (Lipinski definition) is 4. The summed E-state index contributed by atoms with van der Waals surface area (Å²) in [6.45, 7) is 1.54. The van der Waals surface area contributed by atoms with E-state index < -0.39 is 16.3 Å². The van der Waals surface area contributed by atoms with E-state index in [0.29, 0.717) is 16.5 Å². The minimum atomic E-state index is -4.38. The van der Waals surface area contributed by atoms with Crippen LogP contribution in [0.25, 0.3) is 10.8 Å². The van der Waals surface area contributed by atoms with E-state index in [1.165, 1.54) is 13.0 Å². The van der Waals surface area contributed by atoms with Crippen molar-refractivity contribution in [2.45, 2.75) is 18.0 Å². The van der Waals surface area contributed by atoms with Crippen molar-refractivity contribution in [3.05, 3.63) is 30.3 Å². The summed E-state index contributed by atoms with van der Waals surface area (Å²) >= 11 is 0. The molecule has 0 bridgehead atoms. The van der Waals surface area contributed by atoms with Crippen molar-refractivity contribution in [1.82, 2.24) is 0 Å². The summed E-state index contributed by atoms with van der Waals surface area (Å²) in [7, 11) is -4.38. The molecular formula is C12H13NO5S. The lowest BCUT2D eigenvalue weighted by molar-refractivity contribution is 0.224. The Bertz CT molecular complexity index is 724. The average Bonchev–Trinajstić information content (AvgIpc) is 2.26. The number of rotatable bonds is 3. The molecule has 2 rings (SSSR count). The average molecular weight is 283 g/mol. The molecule has 0 spiro atoms. The SMILES string of the molecule is CC(O)Nc1ccc2c(O)cc(S(=O)(=O)O)cc2c1. The molecule has 0 radical (unpaired) electrons. The largest absolute Gasteiger partial charge is 0.507 e. The summed E-state index contributed by atoms with van der Waals surface area (Å²) in [4.78, 5) is -0.383. The maximum absolute atomic E-state index is 11.1. The third kappa shape index (κ3) is 2.95. The smallest absolute Gasteiger partial charge is 0.294 e. The molecule has 0 aromatic heterocycles. The lowest BCUT2D eigenvalue weighted by Gasteiger charge is -2.11. The Balaban J connectivity index is 2.63. The van der Waals surface area contributed by atoms with Crippen molar-refractivity contribution < 1.29 is 23.2 Å². The molecule has 7 heteroatoms. The number of aliphatic hydroxyl groups is 1. The zero-order valence-electron chi connectivity index (χ0n) is 10.0. The van der Waals surface area contributed by atoms with Crippen LogP contribution in [0.4, 0.5) is 5.69 Å². The van der Waals surface area contributed by atoms with Gasteiger partial charge in [0.2, 0.25) is 0 Å². The molecule has 0 fully saturated rings. The van der Waals surface area contributed by atoms with E-state index in [9.17, 15) is 18.6 Å². The number of nitrogens with one attached hydrogen (secondary N) is 1. The summed E-state index contributed by atoms with van der Waals surface area (Å²) in [5.74, 6) is -0.242. The predicted octanol–water partition coefficient (Wildman–Crippen LogP) is 1.54. The minimum absolute atomic E-state index is 0.242. The van der Waals surface area contributed by atoms with Crippen molar-refractivity contribution >= 4 is 26.6 Å². The molecule has 0 saturated carbocycles. The van der Waals surface area contributed by atoms with Crippen LogP contribution in [0.5, 0.6) is 5.75 Å². The Morgan fingerprint density at radius 3 is 2.47 bits per heavy atom. The van der Waals surface area contributed by atoms with Crippen LogP contribution in [0.2, 0.25) is 0 Å². The van der Waals surface area contributed by atoms with Crippen LogP contribution in [0.15, 0.2) is 35.2 Å². The first-order valence-electron chi connectivity index (χ1n) is 5.46. The number of phenolic OH excluding ortho intramolecular Hbond substituents is 1. The molecule has 6 nitrogen and oxygen atoms in total. The fraction of sp³-hybridized carbons (Fsp3) is 0.167. The number of aromatic hydroxyl groups is 1. The highest BCUT2D eigenvalue weighted by molar-refractivity contribution is 7.85. The van der Waals surface area contributed by atoms with Gasteiger partial charge in [0.25, 0.3) is 10.1 Å². The van der Waals surface area contributed by atoms with Gasteiger partial charge in [0.05, 0.1) is 4.90 Å². The van der Waals surface area contributed by atoms with E-state index in [1.54, 1.807) is 18.2 Å². The molecule has 4 N–H and O–H groups in total. The van der Waals surface area contributed by atoms with Gasteiger partial charge in [-0.1, -0.05) is 0 Å². The Hall–Kier alpha value is -1.83. The molecule has 0 saturated heterocycles. The molecule has 0 amide bonds. The number of phenols is 1. The number of aliphatic hydroxyl groups excluding tert-OH is 1. The van der Waals surface area contributed by atoms with Gasteiger partial charge in [-0.25, -0.2) is 0 Å². The van der Waals surface area contributed by atoms with Crippen molar-refractivity contribution in [2.24, 2.45) is 0 Å². The third-order valence-electron chi connectivity index (χ3n) is 2.58. The fourth-order valence-electron chi connectivity index (χ4n) is 1.80. The molecule has 0 aliphatic rings. The monoisotopic (exact) mass is 283 g/mol. The van der Waals surface area contributed by atoms with Gasteiger partial charge in [-0.3, -0.25) is 4.55 Å². The molecule has 2 aromatic rings. The maximum Gasteiger partial charge on any atom is 0.294 e. The summed E-state index contributed by atoms with van der Waals surface area (Å²) < 4.78 is 31.2. The zero-order valence-corrected chi connectivity index (χ0v) is 10.8. The summed E-state index contributed by atoms with van der Waals surface area (Å²) in [6, 6.07) is 7.03. The number of fused-ring (bicyclic) bond motifs is 1. The summed E-state index contributed by atoms with van der Waals surface area (Å²) in [6.07, 6.45) is -0.768. The highest BCUT2D eigenvalue weighted by Crippen LogP contribution is 2.30. The number of hydrogen-bond acceptors (Lipinski definition) is 5. The second kappa shape index (κ2) is 4.69. The predicted molar refractivity (Wildman–Crippen MR) is 70.7 cm³/mol. The molecule has 0 aliphatic heterocycles. The van der Waals surface area contributed by atoms with Gasteiger partial charge in [0.1, 0.15) is 12.0 Å². The standard InChI is InChI=1S/C12H13NO5S/c1-7(14)13-9-2-3-11-8(4-9)5-10(6-12(11)15)19(16,17)18/h2-7,13-15H,1H3,(H,16,17,18). The van der Waals surface area contributed by atoms with E-state index in [4.69, 9.17) is 4.55 Å². The van der Waals surface area contributed by atoms with Crippen molar-refractivity contribution in [3.8, 4) is 5.75 Å². The maximum atomic E-state index is 11.1. The zero-order chi connectivity index (χ0) is 14.2. The molecule has 1 unspecified atom stereocenters. The van der Waals surface area contributed by atoms with Crippen LogP contribution in [-0.4, -0.2) is 29.4 Å². The molecular weight excluding hydrogens is 270 g/mol. The van der Waals surface area contributed by atoms with Gasteiger partial charge in [0, 0.05) is 17.1 Å². The summed E-state index contributed by atoms with van der Waals surface area (Å²) in [5, 5.41) is 22.6. The number of anilines is 1. The minimum Gasteiger partial charge on any atom is -0.507 e. The molecule has 0 aliphatic carbocycles. The van der Waals surface area contributed by atoms with Crippen LogP contribution in [0.3, 0.4) is 0 Å². The quantitative estimate of drug-likeness (QED) is 0.503. The molecule has 102 valence electrons. The fourth-order valence-corrected chi connectivity index (χ4v) is 2.34. The van der Waals surface area contributed by atoms with Gasteiger partial charge in [0.15, 0.2) is 0 Å². The molecule has 1 atom stereocenters. The van der Waals surface area contributed by atoms with Crippen LogP contribution >= 0.6 is 0 Å². The van der Waals surface area contributed by atoms with E-state index in [-0.39, 0.29) is 10.6 Å². The van der Waals surface area contributed by atoms with Crippen molar-refractivity contribution in [2.75, 3.05) is 5.32 Å². The molecule has 0 heterocycles. The van der Waals surface area contributed by atoms with Crippen molar-refractivity contribution in [3.63, 3.8) is 0 Å². The molecule has 2 aromatic carbocycles. The van der Waals surface area contributed by atoms with E-state index in [1.807, 2.05) is 0 Å². The van der Waals surface area contributed by atoms with Gasteiger partial charge in [-0.15, -0.1) is 0 Å². The van der Waals surface area contributed by atoms with Crippen LogP contribution in [0, 0.1) is 0 Å². The first kappa shape index (κ1) is 13.6.